The van der Waals surface area contributed by atoms with E-state index >= 15 is 4.39 Å². The summed E-state index contributed by atoms with van der Waals surface area (Å²) in [6.45, 7) is 0.634. The van der Waals surface area contributed by atoms with E-state index in [4.69, 9.17) is 16.3 Å². The number of benzene rings is 2. The van der Waals surface area contributed by atoms with Crippen LogP contribution in [0.5, 0.6) is 5.75 Å². The fourth-order valence-corrected chi connectivity index (χ4v) is 6.20. The predicted molar refractivity (Wildman–Crippen MR) is 168 cm³/mol. The SMILES string of the molecule is COc1ccc(CNc2ncc(-c3cnn(C(CC4CC4)c4ccc(-c5c(-n6cnnn6)ccc(Cl)c5F)c[n+]4[O-])c3)s2)cc1. The van der Waals surface area contributed by atoms with Crippen molar-refractivity contribution in [2.75, 3.05) is 12.4 Å². The average Bonchev–Trinajstić information content (AvgIpc) is 3.44. The normalized spacial score (nSPS) is 13.6. The number of halogens is 2. The molecule has 1 unspecified atom stereocenters. The van der Waals surface area contributed by atoms with Crippen LogP contribution >= 0.6 is 22.9 Å². The summed E-state index contributed by atoms with van der Waals surface area (Å²) in [6.07, 6.45) is 11.3. The zero-order chi connectivity index (χ0) is 30.9. The van der Waals surface area contributed by atoms with E-state index in [1.807, 2.05) is 41.3 Å². The van der Waals surface area contributed by atoms with Crippen molar-refractivity contribution in [2.24, 2.45) is 5.92 Å². The number of nitrogens with zero attached hydrogens (tertiary/aromatic N) is 8. The lowest BCUT2D eigenvalue weighted by molar-refractivity contribution is -0.615. The van der Waals surface area contributed by atoms with Crippen molar-refractivity contribution in [3.8, 4) is 33.0 Å². The second-order valence-corrected chi connectivity index (χ2v) is 12.3. The van der Waals surface area contributed by atoms with Crippen molar-refractivity contribution in [1.82, 2.24) is 35.0 Å². The van der Waals surface area contributed by atoms with Crippen molar-refractivity contribution in [3.63, 3.8) is 0 Å². The minimum Gasteiger partial charge on any atom is -0.618 e. The van der Waals surface area contributed by atoms with Crippen LogP contribution in [-0.2, 0) is 6.54 Å². The molecule has 0 radical (unpaired) electrons. The Bertz CT molecular complexity index is 1940. The summed E-state index contributed by atoms with van der Waals surface area (Å²) in [5.74, 6) is 0.665. The fraction of sp³-hybridized carbons (Fsp3) is 0.226. The molecule has 0 bridgehead atoms. The number of tetrazole rings is 1. The molecule has 7 rings (SSSR count). The third-order valence-electron chi connectivity index (χ3n) is 7.81. The Labute approximate surface area is 266 Å². The van der Waals surface area contributed by atoms with Gasteiger partial charge in [0.05, 0.1) is 40.0 Å². The van der Waals surface area contributed by atoms with Gasteiger partial charge in [-0.2, -0.15) is 14.5 Å². The minimum absolute atomic E-state index is 0.0683. The van der Waals surface area contributed by atoms with E-state index in [-0.39, 0.29) is 16.6 Å². The van der Waals surface area contributed by atoms with Gasteiger partial charge in [-0.15, -0.1) is 5.10 Å². The van der Waals surface area contributed by atoms with E-state index in [1.54, 1.807) is 31.5 Å². The quantitative estimate of drug-likeness (QED) is 0.133. The van der Waals surface area contributed by atoms with E-state index < -0.39 is 5.82 Å². The Hall–Kier alpha value is -4.88. The van der Waals surface area contributed by atoms with Crippen LogP contribution < -0.4 is 14.8 Å². The van der Waals surface area contributed by atoms with Crippen molar-refractivity contribution in [2.45, 2.75) is 31.8 Å². The van der Waals surface area contributed by atoms with Crippen molar-refractivity contribution in [3.05, 3.63) is 107 Å². The summed E-state index contributed by atoms with van der Waals surface area (Å²) < 4.78 is 24.5. The Morgan fingerprint density at radius 2 is 1.98 bits per heavy atom. The summed E-state index contributed by atoms with van der Waals surface area (Å²) in [7, 11) is 1.65. The second kappa shape index (κ2) is 12.3. The first-order valence-electron chi connectivity index (χ1n) is 14.3. The van der Waals surface area contributed by atoms with E-state index in [9.17, 15) is 5.21 Å². The van der Waals surface area contributed by atoms with Crippen LogP contribution in [0.3, 0.4) is 0 Å². The number of nitrogens with one attached hydrogen (secondary N) is 1. The molecule has 6 aromatic rings. The molecule has 14 heteroatoms. The smallest absolute Gasteiger partial charge is 0.217 e. The molecule has 1 aliphatic rings. The lowest BCUT2D eigenvalue weighted by Crippen LogP contribution is -2.35. The number of methoxy groups -OCH3 is 1. The topological polar surface area (TPSA) is 123 Å². The first-order valence-corrected chi connectivity index (χ1v) is 15.5. The van der Waals surface area contributed by atoms with Gasteiger partial charge in [-0.05, 0) is 58.7 Å². The van der Waals surface area contributed by atoms with E-state index in [0.29, 0.717) is 29.4 Å². The third-order valence-corrected chi connectivity index (χ3v) is 9.11. The van der Waals surface area contributed by atoms with Crippen molar-refractivity contribution >= 4 is 28.1 Å². The number of anilines is 1. The molecule has 45 heavy (non-hydrogen) atoms. The van der Waals surface area contributed by atoms with Crippen LogP contribution in [-0.4, -0.2) is 42.1 Å². The second-order valence-electron chi connectivity index (χ2n) is 10.8. The third kappa shape index (κ3) is 6.08. The zero-order valence-electron chi connectivity index (χ0n) is 24.0. The number of rotatable bonds is 11. The maximum absolute atomic E-state index is 15.4. The van der Waals surface area contributed by atoms with Gasteiger partial charge in [0.25, 0.3) is 0 Å². The lowest BCUT2D eigenvalue weighted by atomic mass is 10.0. The summed E-state index contributed by atoms with van der Waals surface area (Å²) in [6, 6.07) is 14.1. The number of hydrogen-bond donors (Lipinski definition) is 1. The van der Waals surface area contributed by atoms with Crippen LogP contribution in [0.15, 0.2) is 79.6 Å². The molecule has 0 aliphatic heterocycles. The van der Waals surface area contributed by atoms with Gasteiger partial charge in [-0.3, -0.25) is 4.68 Å². The maximum atomic E-state index is 15.4. The highest BCUT2D eigenvalue weighted by Crippen LogP contribution is 2.40. The van der Waals surface area contributed by atoms with Crippen LogP contribution in [0.2, 0.25) is 5.02 Å². The summed E-state index contributed by atoms with van der Waals surface area (Å²) in [5.41, 5.74) is 3.38. The first kappa shape index (κ1) is 28.9. The summed E-state index contributed by atoms with van der Waals surface area (Å²) in [5, 5.41) is 33.5. The van der Waals surface area contributed by atoms with Gasteiger partial charge in [0.15, 0.2) is 17.1 Å². The largest absolute Gasteiger partial charge is 0.618 e. The van der Waals surface area contributed by atoms with Gasteiger partial charge in [-0.25, -0.2) is 9.37 Å². The van der Waals surface area contributed by atoms with Crippen LogP contribution in [0, 0.1) is 16.9 Å². The van der Waals surface area contributed by atoms with E-state index in [2.05, 4.69) is 30.9 Å². The minimum atomic E-state index is -0.661. The fourth-order valence-electron chi connectivity index (χ4n) is 5.26. The highest BCUT2D eigenvalue weighted by molar-refractivity contribution is 7.18. The van der Waals surface area contributed by atoms with Gasteiger partial charge in [-0.1, -0.05) is 47.9 Å². The van der Waals surface area contributed by atoms with Gasteiger partial charge >= 0.3 is 0 Å². The Kier molecular flexibility index (Phi) is 7.86. The molecule has 1 aliphatic carbocycles. The highest BCUT2D eigenvalue weighted by Gasteiger charge is 2.32. The standard InChI is InChI=1S/C31H27ClFN9O2S/c1-44-23-7-4-20(5-8-23)13-34-31-35-15-28(45-31)22-14-37-40(16-22)27(12-19-2-3-19)25-10-6-21(17-42(25)43)29-26(41-18-36-38-39-41)11-9-24(32)30(29)33/h4-11,14-19,27H,2-3,12-13H2,1H3,(H,34,35). The Morgan fingerprint density at radius 1 is 1.13 bits per heavy atom. The molecular formula is C31H27ClFN9O2S. The number of pyridine rings is 1. The zero-order valence-corrected chi connectivity index (χ0v) is 25.6. The van der Waals surface area contributed by atoms with Crippen molar-refractivity contribution < 1.29 is 13.9 Å². The van der Waals surface area contributed by atoms with Crippen LogP contribution in [0.25, 0.3) is 27.3 Å². The average molecular weight is 644 g/mol. The summed E-state index contributed by atoms with van der Waals surface area (Å²) >= 11 is 7.66. The van der Waals surface area contributed by atoms with Crippen molar-refractivity contribution in [1.29, 1.82) is 0 Å². The summed E-state index contributed by atoms with van der Waals surface area (Å²) in [4.78, 5) is 5.50. The van der Waals surface area contributed by atoms with E-state index in [0.717, 1.165) is 50.9 Å². The number of hydrogen-bond acceptors (Lipinski definition) is 9. The maximum Gasteiger partial charge on any atom is 0.217 e. The monoisotopic (exact) mass is 643 g/mol. The van der Waals surface area contributed by atoms with Gasteiger partial charge in [0, 0.05) is 30.6 Å². The molecule has 0 saturated heterocycles. The molecule has 4 heterocycles. The van der Waals surface area contributed by atoms with Crippen LogP contribution in [0.4, 0.5) is 9.52 Å². The molecule has 0 spiro atoms. The first-order chi connectivity index (χ1) is 22.0. The highest BCUT2D eigenvalue weighted by atomic mass is 35.5. The molecule has 11 nitrogen and oxygen atoms in total. The van der Waals surface area contributed by atoms with Gasteiger partial charge < -0.3 is 15.3 Å². The molecule has 2 aromatic carbocycles. The number of aromatic nitrogens is 8. The number of thiazole rings is 1. The Balaban J connectivity index is 1.14. The van der Waals surface area contributed by atoms with E-state index in [1.165, 1.54) is 34.6 Å². The van der Waals surface area contributed by atoms with Gasteiger partial charge in [0.2, 0.25) is 5.69 Å². The molecule has 228 valence electrons. The molecule has 1 saturated carbocycles. The molecule has 1 fully saturated rings. The van der Waals surface area contributed by atoms with Crippen LogP contribution in [0.1, 0.15) is 36.6 Å². The lowest BCUT2D eigenvalue weighted by Gasteiger charge is -2.18. The molecule has 1 atom stereocenters. The number of ether oxygens (including phenoxy) is 1. The van der Waals surface area contributed by atoms with Gasteiger partial charge in [0.1, 0.15) is 18.1 Å². The molecule has 0 amide bonds. The molecule has 4 aromatic heterocycles. The Morgan fingerprint density at radius 3 is 2.71 bits per heavy atom. The molecule has 1 N–H and O–H groups in total. The predicted octanol–water partition coefficient (Wildman–Crippen LogP) is 6.09. The molecular weight excluding hydrogens is 617 g/mol.